The van der Waals surface area contributed by atoms with Crippen LogP contribution in [0.25, 0.3) is 0 Å². The number of carboxylic acids is 1. The van der Waals surface area contributed by atoms with Crippen molar-refractivity contribution in [1.82, 2.24) is 6.15 Å². The summed E-state index contributed by atoms with van der Waals surface area (Å²) >= 11 is 0. The van der Waals surface area contributed by atoms with Gasteiger partial charge >= 0.3 is 5.97 Å². The molecule has 0 aliphatic heterocycles. The van der Waals surface area contributed by atoms with E-state index in [1.165, 1.54) is 6.08 Å². The Labute approximate surface area is 71.1 Å². The number of hydrogen-bond acceptors (Lipinski definition) is 3. The third-order valence-electron chi connectivity index (χ3n) is 0.520. The van der Waals surface area contributed by atoms with Crippen LogP contribution in [0, 0.1) is 0 Å². The summed E-state index contributed by atoms with van der Waals surface area (Å²) in [6, 6.07) is 0. The summed E-state index contributed by atoms with van der Waals surface area (Å²) < 4.78 is 0. The van der Waals surface area contributed by atoms with Crippen molar-refractivity contribution in [3.8, 4) is 0 Å². The molecule has 0 bridgehead atoms. The lowest BCUT2D eigenvalue weighted by Gasteiger charge is -1.75. The van der Waals surface area contributed by atoms with E-state index in [2.05, 4.69) is 18.9 Å². The highest BCUT2D eigenvalue weighted by atomic mass is 16.4. The average Bonchev–Trinajstić information content (AvgIpc) is 1.89. The number of primary amides is 1. The zero-order valence-electron chi connectivity index (χ0n) is 6.82. The number of amides is 1. The van der Waals surface area contributed by atoms with E-state index in [0.717, 1.165) is 6.08 Å². The third kappa shape index (κ3) is 40.0. The van der Waals surface area contributed by atoms with E-state index in [4.69, 9.17) is 5.11 Å². The Balaban J connectivity index is -0.000000126. The molecule has 0 aromatic rings. The molecule has 6 N–H and O–H groups in total. The molecule has 1 amide bonds. The zero-order chi connectivity index (χ0) is 9.28. The van der Waals surface area contributed by atoms with Crippen LogP contribution in [0.4, 0.5) is 0 Å². The fourth-order valence-electron chi connectivity index (χ4n) is 0.123. The lowest BCUT2D eigenvalue weighted by atomic mass is 10.4. The first-order valence-electron chi connectivity index (χ1n) is 2.79. The topological polar surface area (TPSA) is 115 Å². The van der Waals surface area contributed by atoms with Crippen molar-refractivity contribution in [1.29, 1.82) is 0 Å². The first kappa shape index (κ1) is 16.8. The normalized spacial score (nSPS) is 6.33. The molecule has 0 heterocycles. The molecule has 0 atom stereocenters. The van der Waals surface area contributed by atoms with E-state index in [-0.39, 0.29) is 12.6 Å². The van der Waals surface area contributed by atoms with Crippen LogP contribution < -0.4 is 11.9 Å². The monoisotopic (exact) mass is 174 g/mol. The molecule has 0 aliphatic carbocycles. The molecule has 12 heavy (non-hydrogen) atoms. The highest BCUT2D eigenvalue weighted by Crippen LogP contribution is 1.74. The smallest absolute Gasteiger partial charge is 0.307 e. The second kappa shape index (κ2) is 12.1. The van der Waals surface area contributed by atoms with Crippen molar-refractivity contribution in [2.75, 3.05) is 0 Å². The van der Waals surface area contributed by atoms with Gasteiger partial charge in [-0.15, -0.1) is 6.58 Å². The molecule has 0 aromatic carbocycles. The van der Waals surface area contributed by atoms with Crippen LogP contribution >= 0.6 is 0 Å². The van der Waals surface area contributed by atoms with Gasteiger partial charge < -0.3 is 17.0 Å². The van der Waals surface area contributed by atoms with E-state index >= 15 is 0 Å². The summed E-state index contributed by atoms with van der Waals surface area (Å²) in [5.41, 5.74) is 4.53. The number of carbonyl (C=O) groups is 2. The number of aliphatic carboxylic acids is 1. The standard InChI is InChI=1S/C4H6O2.C3H5NO.H3N/c1-2-3-4(5)6;1-2-3(4)5;/h2H,1,3H2,(H,5,6);2H,1H2,(H2,4,5);1H3. The van der Waals surface area contributed by atoms with E-state index < -0.39 is 11.9 Å². The highest BCUT2D eigenvalue weighted by Gasteiger charge is 1.84. The van der Waals surface area contributed by atoms with E-state index in [1.54, 1.807) is 0 Å². The first-order chi connectivity index (χ1) is 5.04. The fourth-order valence-corrected chi connectivity index (χ4v) is 0.123. The molecule has 0 radical (unpaired) electrons. The maximum atomic E-state index is 9.53. The van der Waals surface area contributed by atoms with E-state index in [9.17, 15) is 9.59 Å². The minimum atomic E-state index is -0.829. The van der Waals surface area contributed by atoms with Gasteiger partial charge in [0, 0.05) is 0 Å². The van der Waals surface area contributed by atoms with Crippen molar-refractivity contribution in [3.63, 3.8) is 0 Å². The van der Waals surface area contributed by atoms with Gasteiger partial charge in [-0.2, -0.15) is 0 Å². The summed E-state index contributed by atoms with van der Waals surface area (Å²) in [7, 11) is 0. The van der Waals surface area contributed by atoms with E-state index in [1.807, 2.05) is 0 Å². The third-order valence-corrected chi connectivity index (χ3v) is 0.520. The molecule has 70 valence electrons. The number of carboxylic acid groups (broad SMARTS) is 1. The number of nitrogens with two attached hydrogens (primary N) is 1. The molecule has 5 nitrogen and oxygen atoms in total. The molecule has 0 rings (SSSR count). The van der Waals surface area contributed by atoms with Gasteiger partial charge in [-0.25, -0.2) is 0 Å². The van der Waals surface area contributed by atoms with Gasteiger partial charge in [-0.3, -0.25) is 9.59 Å². The first-order valence-corrected chi connectivity index (χ1v) is 2.79. The number of hydrogen-bond donors (Lipinski definition) is 3. The van der Waals surface area contributed by atoms with Gasteiger partial charge in [0.15, 0.2) is 0 Å². The summed E-state index contributed by atoms with van der Waals surface area (Å²) in [5.74, 6) is -1.31. The minimum Gasteiger partial charge on any atom is -0.481 e. The molecule has 0 saturated heterocycles. The Morgan fingerprint density at radius 2 is 1.75 bits per heavy atom. The molecular formula is C7H14N2O3. The quantitative estimate of drug-likeness (QED) is 0.426. The molecule has 0 aliphatic rings. The van der Waals surface area contributed by atoms with Crippen LogP contribution in [0.15, 0.2) is 25.3 Å². The molecule has 0 aromatic heterocycles. The van der Waals surface area contributed by atoms with Crippen LogP contribution in [0.1, 0.15) is 6.42 Å². The largest absolute Gasteiger partial charge is 0.481 e. The van der Waals surface area contributed by atoms with Crippen molar-refractivity contribution >= 4 is 11.9 Å². The SMILES string of the molecule is C=CC(N)=O.C=CCC(=O)O.N. The molecule has 5 heteroatoms. The van der Waals surface area contributed by atoms with Gasteiger partial charge in [0.1, 0.15) is 0 Å². The summed E-state index contributed by atoms with van der Waals surface area (Å²) in [4.78, 5) is 19.0. The van der Waals surface area contributed by atoms with Crippen molar-refractivity contribution < 1.29 is 14.7 Å². The van der Waals surface area contributed by atoms with Crippen LogP contribution in [0.5, 0.6) is 0 Å². The number of rotatable bonds is 3. The van der Waals surface area contributed by atoms with Crippen molar-refractivity contribution in [2.24, 2.45) is 5.73 Å². The van der Waals surface area contributed by atoms with Gasteiger partial charge in [-0.05, 0) is 6.08 Å². The Hall–Kier alpha value is -1.62. The van der Waals surface area contributed by atoms with Gasteiger partial charge in [0.25, 0.3) is 0 Å². The maximum Gasteiger partial charge on any atom is 0.307 e. The number of carbonyl (C=O) groups excluding carboxylic acids is 1. The predicted octanol–water partition coefficient (Wildman–Crippen LogP) is 0.467. The van der Waals surface area contributed by atoms with Crippen molar-refractivity contribution in [3.05, 3.63) is 25.3 Å². The molecule has 0 fully saturated rings. The van der Waals surface area contributed by atoms with Crippen LogP contribution in [-0.2, 0) is 9.59 Å². The molecule has 0 unspecified atom stereocenters. The van der Waals surface area contributed by atoms with Crippen LogP contribution in [0.3, 0.4) is 0 Å². The lowest BCUT2D eigenvalue weighted by Crippen LogP contribution is -2.04. The second-order valence-electron chi connectivity index (χ2n) is 1.49. The van der Waals surface area contributed by atoms with Gasteiger partial charge in [0.05, 0.1) is 6.42 Å². The summed E-state index contributed by atoms with van der Waals surface area (Å²) in [6.07, 6.45) is 2.46. The fraction of sp³-hybridized carbons (Fsp3) is 0.143. The van der Waals surface area contributed by atoms with Gasteiger partial charge in [-0.1, -0.05) is 12.7 Å². The Kier molecular flexibility index (Phi) is 16.9. The average molecular weight is 174 g/mol. The Bertz CT molecular complexity index is 166. The lowest BCUT2D eigenvalue weighted by molar-refractivity contribution is -0.136. The highest BCUT2D eigenvalue weighted by molar-refractivity contribution is 5.84. The summed E-state index contributed by atoms with van der Waals surface area (Å²) in [5, 5.41) is 7.84. The molecule has 0 saturated carbocycles. The van der Waals surface area contributed by atoms with Gasteiger partial charge in [0.2, 0.25) is 5.91 Å². The Morgan fingerprint density at radius 3 is 1.75 bits per heavy atom. The zero-order valence-corrected chi connectivity index (χ0v) is 6.82. The van der Waals surface area contributed by atoms with Crippen LogP contribution in [-0.4, -0.2) is 17.0 Å². The minimum absolute atomic E-state index is 0. The molecule has 0 spiro atoms. The summed E-state index contributed by atoms with van der Waals surface area (Å²) in [6.45, 7) is 6.31. The molecular weight excluding hydrogens is 160 g/mol. The van der Waals surface area contributed by atoms with Crippen molar-refractivity contribution in [2.45, 2.75) is 6.42 Å². The second-order valence-corrected chi connectivity index (χ2v) is 1.49. The van der Waals surface area contributed by atoms with Crippen LogP contribution in [0.2, 0.25) is 0 Å². The maximum absolute atomic E-state index is 9.53. The predicted molar refractivity (Wildman–Crippen MR) is 46.9 cm³/mol. The Morgan fingerprint density at radius 1 is 1.42 bits per heavy atom. The van der Waals surface area contributed by atoms with E-state index in [0.29, 0.717) is 0 Å².